The van der Waals surface area contributed by atoms with Crippen LogP contribution in [-0.2, 0) is 4.74 Å². The van der Waals surface area contributed by atoms with Crippen LogP contribution >= 0.6 is 0 Å². The van der Waals surface area contributed by atoms with Crippen molar-refractivity contribution in [3.05, 3.63) is 0 Å². The van der Waals surface area contributed by atoms with Gasteiger partial charge in [-0.3, -0.25) is 0 Å². The van der Waals surface area contributed by atoms with E-state index in [1.165, 1.54) is 0 Å². The molecular weight excluding hydrogens is 158 g/mol. The SMILES string of the molecule is NC(=O)O[C@H]1CCC[C@@H](CO)C1. The minimum absolute atomic E-state index is 0.0756. The summed E-state index contributed by atoms with van der Waals surface area (Å²) in [5.41, 5.74) is 4.89. The van der Waals surface area contributed by atoms with Crippen molar-refractivity contribution in [1.29, 1.82) is 0 Å². The molecular formula is C8H15NO3. The molecule has 0 aromatic carbocycles. The molecule has 2 atom stereocenters. The summed E-state index contributed by atoms with van der Waals surface area (Å²) in [6.07, 6.45) is 2.86. The first-order chi connectivity index (χ1) is 5.72. The van der Waals surface area contributed by atoms with Crippen LogP contribution in [-0.4, -0.2) is 23.9 Å². The second kappa shape index (κ2) is 4.30. The average Bonchev–Trinajstić information content (AvgIpc) is 2.03. The van der Waals surface area contributed by atoms with Crippen LogP contribution in [0.2, 0.25) is 0 Å². The summed E-state index contributed by atoms with van der Waals surface area (Å²) in [5.74, 6) is 0.281. The number of hydrogen-bond acceptors (Lipinski definition) is 3. The maximum absolute atomic E-state index is 10.4. The second-order valence-electron chi connectivity index (χ2n) is 3.27. The van der Waals surface area contributed by atoms with E-state index in [1.807, 2.05) is 0 Å². The number of amides is 1. The highest BCUT2D eigenvalue weighted by molar-refractivity contribution is 5.64. The Morgan fingerprint density at radius 3 is 2.92 bits per heavy atom. The summed E-state index contributed by atoms with van der Waals surface area (Å²) in [6.45, 7) is 0.179. The molecule has 0 saturated heterocycles. The normalized spacial score (nSPS) is 29.8. The first kappa shape index (κ1) is 9.32. The summed E-state index contributed by atoms with van der Waals surface area (Å²) in [5, 5.41) is 8.87. The van der Waals surface area contributed by atoms with Gasteiger partial charge >= 0.3 is 6.09 Å². The van der Waals surface area contributed by atoms with Crippen molar-refractivity contribution < 1.29 is 14.6 Å². The quantitative estimate of drug-likeness (QED) is 0.643. The molecule has 0 aliphatic heterocycles. The van der Waals surface area contributed by atoms with Crippen LogP contribution in [0.15, 0.2) is 0 Å². The Morgan fingerprint density at radius 2 is 2.33 bits per heavy atom. The first-order valence-corrected chi connectivity index (χ1v) is 4.29. The lowest BCUT2D eigenvalue weighted by Crippen LogP contribution is -2.29. The highest BCUT2D eigenvalue weighted by Crippen LogP contribution is 2.25. The molecule has 12 heavy (non-hydrogen) atoms. The fraction of sp³-hybridized carbons (Fsp3) is 0.875. The lowest BCUT2D eigenvalue weighted by atomic mass is 9.88. The number of aliphatic hydroxyl groups excluding tert-OH is 1. The van der Waals surface area contributed by atoms with Gasteiger partial charge in [-0.25, -0.2) is 4.79 Å². The van der Waals surface area contributed by atoms with E-state index >= 15 is 0 Å². The predicted molar refractivity (Wildman–Crippen MR) is 43.5 cm³/mol. The zero-order valence-corrected chi connectivity index (χ0v) is 7.03. The predicted octanol–water partition coefficient (Wildman–Crippen LogP) is 0.633. The monoisotopic (exact) mass is 173 g/mol. The summed E-state index contributed by atoms with van der Waals surface area (Å²) >= 11 is 0. The van der Waals surface area contributed by atoms with E-state index in [2.05, 4.69) is 0 Å². The highest BCUT2D eigenvalue weighted by atomic mass is 16.6. The van der Waals surface area contributed by atoms with Gasteiger partial charge in [0, 0.05) is 6.61 Å². The van der Waals surface area contributed by atoms with E-state index in [0.29, 0.717) is 0 Å². The van der Waals surface area contributed by atoms with Crippen LogP contribution in [0.1, 0.15) is 25.7 Å². The number of carbonyl (C=O) groups is 1. The fourth-order valence-electron chi connectivity index (χ4n) is 1.68. The topological polar surface area (TPSA) is 72.6 Å². The molecule has 0 radical (unpaired) electrons. The highest BCUT2D eigenvalue weighted by Gasteiger charge is 2.23. The molecule has 4 heteroatoms. The van der Waals surface area contributed by atoms with E-state index in [1.54, 1.807) is 0 Å². The van der Waals surface area contributed by atoms with E-state index in [9.17, 15) is 4.79 Å². The summed E-state index contributed by atoms with van der Waals surface area (Å²) in [4.78, 5) is 10.4. The van der Waals surface area contributed by atoms with Gasteiger partial charge in [0.05, 0.1) is 0 Å². The number of primary amides is 1. The molecule has 1 rings (SSSR count). The van der Waals surface area contributed by atoms with Crippen molar-refractivity contribution in [2.75, 3.05) is 6.61 Å². The van der Waals surface area contributed by atoms with Crippen LogP contribution in [0.25, 0.3) is 0 Å². The summed E-state index contributed by atoms with van der Waals surface area (Å²) in [6, 6.07) is 0. The third-order valence-electron chi connectivity index (χ3n) is 2.28. The van der Waals surface area contributed by atoms with Crippen molar-refractivity contribution >= 4 is 6.09 Å². The third kappa shape index (κ3) is 2.70. The van der Waals surface area contributed by atoms with E-state index in [0.717, 1.165) is 25.7 Å². The standard InChI is InChI=1S/C8H15NO3/c9-8(11)12-7-3-1-2-6(4-7)5-10/h6-7,10H,1-5H2,(H2,9,11)/t6-,7+/m1/s1. The minimum Gasteiger partial charge on any atom is -0.446 e. The van der Waals surface area contributed by atoms with Crippen LogP contribution in [0.3, 0.4) is 0 Å². The Kier molecular flexibility index (Phi) is 3.34. The molecule has 3 N–H and O–H groups in total. The Labute approximate surface area is 71.7 Å². The van der Waals surface area contributed by atoms with Crippen LogP contribution < -0.4 is 5.73 Å². The number of nitrogens with two attached hydrogens (primary N) is 1. The van der Waals surface area contributed by atoms with Crippen LogP contribution in [0.5, 0.6) is 0 Å². The number of rotatable bonds is 2. The van der Waals surface area contributed by atoms with Gasteiger partial charge in [0.2, 0.25) is 0 Å². The molecule has 0 spiro atoms. The molecule has 1 saturated carbocycles. The molecule has 1 aliphatic rings. The number of carbonyl (C=O) groups excluding carboxylic acids is 1. The molecule has 0 heterocycles. The lowest BCUT2D eigenvalue weighted by molar-refractivity contribution is 0.0517. The van der Waals surface area contributed by atoms with Crippen LogP contribution in [0, 0.1) is 5.92 Å². The first-order valence-electron chi connectivity index (χ1n) is 4.29. The van der Waals surface area contributed by atoms with Crippen molar-refractivity contribution in [1.82, 2.24) is 0 Å². The van der Waals surface area contributed by atoms with Gasteiger partial charge in [-0.05, 0) is 31.6 Å². The molecule has 0 bridgehead atoms. The summed E-state index contributed by atoms with van der Waals surface area (Å²) in [7, 11) is 0. The molecule has 1 fully saturated rings. The van der Waals surface area contributed by atoms with Gasteiger partial charge in [-0.1, -0.05) is 0 Å². The Hall–Kier alpha value is -0.770. The van der Waals surface area contributed by atoms with Gasteiger partial charge in [0.1, 0.15) is 6.10 Å². The fourth-order valence-corrected chi connectivity index (χ4v) is 1.68. The molecule has 70 valence electrons. The molecule has 1 amide bonds. The minimum atomic E-state index is -0.710. The largest absolute Gasteiger partial charge is 0.446 e. The molecule has 0 aromatic heterocycles. The second-order valence-corrected chi connectivity index (χ2v) is 3.27. The van der Waals surface area contributed by atoms with Gasteiger partial charge < -0.3 is 15.6 Å². The van der Waals surface area contributed by atoms with Gasteiger partial charge in [0.25, 0.3) is 0 Å². The van der Waals surface area contributed by atoms with Gasteiger partial charge in [-0.15, -0.1) is 0 Å². The smallest absolute Gasteiger partial charge is 0.404 e. The molecule has 4 nitrogen and oxygen atoms in total. The third-order valence-corrected chi connectivity index (χ3v) is 2.28. The van der Waals surface area contributed by atoms with E-state index < -0.39 is 6.09 Å². The average molecular weight is 173 g/mol. The number of aliphatic hydroxyl groups is 1. The van der Waals surface area contributed by atoms with E-state index in [-0.39, 0.29) is 18.6 Å². The molecule has 1 aliphatic carbocycles. The molecule has 0 aromatic rings. The van der Waals surface area contributed by atoms with Gasteiger partial charge in [0.15, 0.2) is 0 Å². The zero-order valence-electron chi connectivity index (χ0n) is 7.03. The van der Waals surface area contributed by atoms with Crippen molar-refractivity contribution in [3.63, 3.8) is 0 Å². The van der Waals surface area contributed by atoms with Gasteiger partial charge in [-0.2, -0.15) is 0 Å². The Balaban J connectivity index is 2.30. The Morgan fingerprint density at radius 1 is 1.58 bits per heavy atom. The molecule has 0 unspecified atom stereocenters. The van der Waals surface area contributed by atoms with Crippen molar-refractivity contribution in [2.45, 2.75) is 31.8 Å². The maximum Gasteiger partial charge on any atom is 0.404 e. The van der Waals surface area contributed by atoms with Crippen molar-refractivity contribution in [2.24, 2.45) is 11.7 Å². The maximum atomic E-state index is 10.4. The Bertz CT molecular complexity index is 160. The summed E-state index contributed by atoms with van der Waals surface area (Å²) < 4.78 is 4.85. The van der Waals surface area contributed by atoms with Crippen LogP contribution in [0.4, 0.5) is 4.79 Å². The van der Waals surface area contributed by atoms with E-state index in [4.69, 9.17) is 15.6 Å². The van der Waals surface area contributed by atoms with Crippen molar-refractivity contribution in [3.8, 4) is 0 Å². The zero-order chi connectivity index (χ0) is 8.97. The number of ether oxygens (including phenoxy) is 1. The number of hydrogen-bond donors (Lipinski definition) is 2. The lowest BCUT2D eigenvalue weighted by Gasteiger charge is -2.26.